The smallest absolute Gasteiger partial charge is 0.352 e. The fraction of sp³-hybridized carbons (Fsp3) is 0.292. The van der Waals surface area contributed by atoms with Crippen LogP contribution < -0.4 is 5.32 Å². The van der Waals surface area contributed by atoms with Gasteiger partial charge in [0.1, 0.15) is 17.3 Å². The van der Waals surface area contributed by atoms with Gasteiger partial charge in [-0.15, -0.1) is 0 Å². The molecule has 2 N–H and O–H groups in total. The predicted octanol–water partition coefficient (Wildman–Crippen LogP) is 6.32. The third kappa shape index (κ3) is 5.69. The van der Waals surface area contributed by atoms with Crippen molar-refractivity contribution in [1.82, 2.24) is 4.57 Å². The van der Waals surface area contributed by atoms with Gasteiger partial charge in [-0.2, -0.15) is 0 Å². The van der Waals surface area contributed by atoms with Crippen LogP contribution in [0.4, 0.5) is 14.5 Å². The van der Waals surface area contributed by atoms with E-state index in [0.717, 1.165) is 48.6 Å². The lowest BCUT2D eigenvalue weighted by atomic mass is 10.1. The first-order valence-corrected chi connectivity index (χ1v) is 10.2. The monoisotopic (exact) mass is 412 g/mol. The quantitative estimate of drug-likeness (QED) is 0.383. The molecule has 0 fully saturated rings. The minimum atomic E-state index is -0.933. The van der Waals surface area contributed by atoms with Gasteiger partial charge in [0, 0.05) is 36.6 Å². The summed E-state index contributed by atoms with van der Waals surface area (Å²) in [6.45, 7) is 3.13. The van der Waals surface area contributed by atoms with Crippen LogP contribution in [0.2, 0.25) is 0 Å². The van der Waals surface area contributed by atoms with Crippen LogP contribution in [0.3, 0.4) is 0 Å². The van der Waals surface area contributed by atoms with Crippen LogP contribution in [0.1, 0.15) is 48.7 Å². The van der Waals surface area contributed by atoms with Gasteiger partial charge in [0.2, 0.25) is 0 Å². The first-order chi connectivity index (χ1) is 14.5. The van der Waals surface area contributed by atoms with E-state index in [2.05, 4.69) is 12.2 Å². The van der Waals surface area contributed by atoms with Gasteiger partial charge in [-0.05, 0) is 47.9 Å². The van der Waals surface area contributed by atoms with Gasteiger partial charge in [-0.25, -0.2) is 13.6 Å². The van der Waals surface area contributed by atoms with E-state index in [1.165, 1.54) is 12.1 Å². The number of nitrogens with zero attached hydrogens (tertiary/aromatic N) is 1. The molecule has 0 bridgehead atoms. The Morgan fingerprint density at radius 3 is 2.30 bits per heavy atom. The second kappa shape index (κ2) is 10.1. The molecule has 0 aliphatic heterocycles. The summed E-state index contributed by atoms with van der Waals surface area (Å²) in [6, 6.07) is 12.7. The molecule has 158 valence electrons. The Kier molecular flexibility index (Phi) is 7.22. The van der Waals surface area contributed by atoms with Crippen LogP contribution in [0.15, 0.2) is 54.7 Å². The summed E-state index contributed by atoms with van der Waals surface area (Å²) in [6.07, 6.45) is 6.20. The highest BCUT2D eigenvalue weighted by molar-refractivity contribution is 5.88. The highest BCUT2D eigenvalue weighted by Gasteiger charge is 2.13. The number of carboxylic acids is 1. The predicted molar refractivity (Wildman–Crippen MR) is 115 cm³/mol. The van der Waals surface area contributed by atoms with E-state index in [-0.39, 0.29) is 5.69 Å². The van der Waals surface area contributed by atoms with Gasteiger partial charge in [0.25, 0.3) is 0 Å². The van der Waals surface area contributed by atoms with Gasteiger partial charge in [0.05, 0.1) is 0 Å². The molecule has 4 nitrogen and oxygen atoms in total. The summed E-state index contributed by atoms with van der Waals surface area (Å²) in [4.78, 5) is 11.6. The number of unbranched alkanes of at least 4 members (excludes halogenated alkanes) is 3. The van der Waals surface area contributed by atoms with Crippen molar-refractivity contribution in [3.05, 3.63) is 77.6 Å². The SMILES string of the molecule is CCCCCCn1cc(-c2ccc(NCc3cc(F)cc(F)c3)cc2)cc1C(=O)O. The minimum Gasteiger partial charge on any atom is -0.477 e. The lowest BCUT2D eigenvalue weighted by Crippen LogP contribution is -2.07. The Labute approximate surface area is 175 Å². The molecule has 3 rings (SSSR count). The molecule has 2 aromatic carbocycles. The van der Waals surface area contributed by atoms with E-state index in [4.69, 9.17) is 0 Å². The maximum atomic E-state index is 13.3. The first-order valence-electron chi connectivity index (χ1n) is 10.2. The third-order valence-electron chi connectivity index (χ3n) is 5.01. The van der Waals surface area contributed by atoms with Gasteiger partial charge in [0.15, 0.2) is 0 Å². The van der Waals surface area contributed by atoms with E-state index < -0.39 is 17.6 Å². The maximum absolute atomic E-state index is 13.3. The van der Waals surface area contributed by atoms with Crippen molar-refractivity contribution in [1.29, 1.82) is 0 Å². The van der Waals surface area contributed by atoms with Crippen LogP contribution >= 0.6 is 0 Å². The number of halogens is 2. The third-order valence-corrected chi connectivity index (χ3v) is 5.01. The Hall–Kier alpha value is -3.15. The number of aromatic nitrogens is 1. The molecule has 0 saturated heterocycles. The lowest BCUT2D eigenvalue weighted by Gasteiger charge is -2.08. The molecule has 0 unspecified atom stereocenters. The molecule has 1 aromatic heterocycles. The Morgan fingerprint density at radius 2 is 1.67 bits per heavy atom. The van der Waals surface area contributed by atoms with Gasteiger partial charge in [-0.1, -0.05) is 38.3 Å². The largest absolute Gasteiger partial charge is 0.477 e. The first kappa shape index (κ1) is 21.6. The Bertz CT molecular complexity index is 977. The van der Waals surface area contributed by atoms with Crippen molar-refractivity contribution >= 4 is 11.7 Å². The summed E-state index contributed by atoms with van der Waals surface area (Å²) < 4.78 is 28.4. The van der Waals surface area contributed by atoms with Crippen LogP contribution in [0, 0.1) is 11.6 Å². The summed E-state index contributed by atoms with van der Waals surface area (Å²) in [5, 5.41) is 12.6. The second-order valence-electron chi connectivity index (χ2n) is 7.38. The van der Waals surface area contributed by atoms with Crippen LogP contribution in [-0.2, 0) is 13.1 Å². The van der Waals surface area contributed by atoms with Gasteiger partial charge in [-0.3, -0.25) is 0 Å². The van der Waals surface area contributed by atoms with Crippen LogP contribution in [0.25, 0.3) is 11.1 Å². The average molecular weight is 412 g/mol. The fourth-order valence-corrected chi connectivity index (χ4v) is 3.44. The number of hydrogen-bond donors (Lipinski definition) is 2. The number of anilines is 1. The number of benzene rings is 2. The van der Waals surface area contributed by atoms with Gasteiger partial charge < -0.3 is 15.0 Å². The standard InChI is InChI=1S/C24H26F2N2O2/c1-2-3-4-5-10-28-16-19(13-23(28)24(29)30)18-6-8-22(9-7-18)27-15-17-11-20(25)14-21(26)12-17/h6-9,11-14,16,27H,2-5,10,15H2,1H3,(H,29,30). The van der Waals surface area contributed by atoms with E-state index in [9.17, 15) is 18.7 Å². The summed E-state index contributed by atoms with van der Waals surface area (Å²) in [5.74, 6) is -2.14. The molecule has 0 saturated carbocycles. The highest BCUT2D eigenvalue weighted by Crippen LogP contribution is 2.25. The van der Waals surface area contributed by atoms with Crippen molar-refractivity contribution in [2.75, 3.05) is 5.32 Å². The molecule has 0 aliphatic carbocycles. The summed E-state index contributed by atoms with van der Waals surface area (Å²) >= 11 is 0. The lowest BCUT2D eigenvalue weighted by molar-refractivity contribution is 0.0685. The van der Waals surface area contributed by atoms with Crippen LogP contribution in [-0.4, -0.2) is 15.6 Å². The molecular weight excluding hydrogens is 386 g/mol. The Balaban J connectivity index is 1.68. The summed E-state index contributed by atoms with van der Waals surface area (Å²) in [7, 11) is 0. The van der Waals surface area contributed by atoms with E-state index in [1.807, 2.05) is 30.5 Å². The Morgan fingerprint density at radius 1 is 0.967 bits per heavy atom. The molecule has 0 aliphatic rings. The minimum absolute atomic E-state index is 0.289. The van der Waals surface area contributed by atoms with Crippen molar-refractivity contribution in [2.45, 2.75) is 45.7 Å². The second-order valence-corrected chi connectivity index (χ2v) is 7.38. The average Bonchev–Trinajstić information content (AvgIpc) is 3.14. The number of rotatable bonds is 10. The number of carbonyl (C=O) groups is 1. The number of aryl methyl sites for hydroxylation is 1. The van der Waals surface area contributed by atoms with Crippen molar-refractivity contribution < 1.29 is 18.7 Å². The zero-order valence-electron chi connectivity index (χ0n) is 17.0. The molecule has 6 heteroatoms. The van der Waals surface area contributed by atoms with E-state index in [1.54, 1.807) is 10.6 Å². The van der Waals surface area contributed by atoms with Crippen molar-refractivity contribution in [3.8, 4) is 11.1 Å². The number of hydrogen-bond acceptors (Lipinski definition) is 2. The molecule has 3 aromatic rings. The zero-order valence-corrected chi connectivity index (χ0v) is 17.0. The topological polar surface area (TPSA) is 54.3 Å². The summed E-state index contributed by atoms with van der Waals surface area (Å²) in [5.41, 5.74) is 3.37. The molecular formula is C24H26F2N2O2. The molecule has 30 heavy (non-hydrogen) atoms. The number of carboxylic acid groups (broad SMARTS) is 1. The zero-order chi connectivity index (χ0) is 21.5. The molecule has 0 amide bonds. The van der Waals surface area contributed by atoms with E-state index in [0.29, 0.717) is 18.7 Å². The van der Waals surface area contributed by atoms with Crippen molar-refractivity contribution in [3.63, 3.8) is 0 Å². The number of nitrogens with one attached hydrogen (secondary N) is 1. The number of aromatic carboxylic acids is 1. The van der Waals surface area contributed by atoms with Crippen molar-refractivity contribution in [2.24, 2.45) is 0 Å². The molecule has 0 spiro atoms. The normalized spacial score (nSPS) is 10.9. The molecule has 0 atom stereocenters. The van der Waals surface area contributed by atoms with Gasteiger partial charge >= 0.3 is 5.97 Å². The molecule has 0 radical (unpaired) electrons. The fourth-order valence-electron chi connectivity index (χ4n) is 3.44. The van der Waals surface area contributed by atoms with E-state index >= 15 is 0 Å². The molecule has 1 heterocycles. The highest BCUT2D eigenvalue weighted by atomic mass is 19.1. The van der Waals surface area contributed by atoms with Crippen LogP contribution in [0.5, 0.6) is 0 Å². The maximum Gasteiger partial charge on any atom is 0.352 e.